The zero-order valence-electron chi connectivity index (χ0n) is 20.1. The summed E-state index contributed by atoms with van der Waals surface area (Å²) in [6, 6.07) is 6.52. The fraction of sp³-hybridized carbons (Fsp3) is 0.640. The van der Waals surface area contributed by atoms with Crippen molar-refractivity contribution in [3.05, 3.63) is 35.2 Å². The summed E-state index contributed by atoms with van der Waals surface area (Å²) in [6.45, 7) is 10.1. The number of piperidine rings is 1. The van der Waals surface area contributed by atoms with E-state index < -0.39 is 0 Å². The number of hydrogen-bond acceptors (Lipinski definition) is 7. The van der Waals surface area contributed by atoms with Crippen LogP contribution in [0.4, 0.5) is 6.01 Å². The van der Waals surface area contributed by atoms with Crippen LogP contribution in [0.2, 0.25) is 0 Å². The number of aryl methyl sites for hydroxylation is 1. The molecule has 2 aliphatic rings. The van der Waals surface area contributed by atoms with Crippen molar-refractivity contribution in [2.24, 2.45) is 11.7 Å². The number of hydrogen-bond donors (Lipinski definition) is 1. The SMILES string of the molecule is Cc1cc(OCCCC2CCN(c3nc(C(C)C)no3)CC2)ccc1C(=O)N1CC[C@H](N)C1. The molecule has 1 aromatic carbocycles. The van der Waals surface area contributed by atoms with Crippen LogP contribution in [0.3, 0.4) is 0 Å². The van der Waals surface area contributed by atoms with Crippen molar-refractivity contribution in [2.45, 2.75) is 64.8 Å². The molecule has 180 valence electrons. The fourth-order valence-electron chi connectivity index (χ4n) is 4.67. The molecule has 2 saturated heterocycles. The van der Waals surface area contributed by atoms with E-state index in [-0.39, 0.29) is 17.9 Å². The average molecular weight is 456 g/mol. The van der Waals surface area contributed by atoms with Crippen molar-refractivity contribution in [2.75, 3.05) is 37.7 Å². The van der Waals surface area contributed by atoms with Crippen molar-refractivity contribution in [1.82, 2.24) is 15.0 Å². The van der Waals surface area contributed by atoms with Crippen LogP contribution in [0, 0.1) is 12.8 Å². The summed E-state index contributed by atoms with van der Waals surface area (Å²) < 4.78 is 11.4. The number of amides is 1. The Morgan fingerprint density at radius 3 is 2.67 bits per heavy atom. The van der Waals surface area contributed by atoms with E-state index in [0.29, 0.717) is 25.1 Å². The number of benzene rings is 1. The van der Waals surface area contributed by atoms with Crippen LogP contribution in [0.1, 0.15) is 73.6 Å². The van der Waals surface area contributed by atoms with Gasteiger partial charge in [0.1, 0.15) is 5.75 Å². The Bertz CT molecular complexity index is 936. The number of aromatic nitrogens is 2. The molecule has 2 N–H and O–H groups in total. The Morgan fingerprint density at radius 1 is 1.24 bits per heavy atom. The lowest BCUT2D eigenvalue weighted by Gasteiger charge is -2.30. The number of nitrogens with zero attached hydrogens (tertiary/aromatic N) is 4. The third-order valence-electron chi connectivity index (χ3n) is 6.80. The van der Waals surface area contributed by atoms with Crippen LogP contribution in [-0.2, 0) is 0 Å². The van der Waals surface area contributed by atoms with Gasteiger partial charge in [-0.1, -0.05) is 19.0 Å². The predicted octanol–water partition coefficient (Wildman–Crippen LogP) is 3.75. The molecular weight excluding hydrogens is 418 g/mol. The number of carbonyl (C=O) groups is 1. The molecule has 2 aromatic rings. The fourth-order valence-corrected chi connectivity index (χ4v) is 4.67. The zero-order valence-corrected chi connectivity index (χ0v) is 20.1. The molecule has 1 aromatic heterocycles. The second-order valence-corrected chi connectivity index (χ2v) is 9.79. The maximum atomic E-state index is 12.7. The summed E-state index contributed by atoms with van der Waals surface area (Å²) in [6.07, 6.45) is 5.32. The van der Waals surface area contributed by atoms with Gasteiger partial charge in [-0.2, -0.15) is 4.98 Å². The Morgan fingerprint density at radius 2 is 2.03 bits per heavy atom. The van der Waals surface area contributed by atoms with Crippen LogP contribution in [0.5, 0.6) is 5.75 Å². The van der Waals surface area contributed by atoms with Crippen LogP contribution in [0.25, 0.3) is 0 Å². The maximum absolute atomic E-state index is 12.7. The van der Waals surface area contributed by atoms with E-state index in [0.717, 1.165) is 74.4 Å². The monoisotopic (exact) mass is 455 g/mol. The van der Waals surface area contributed by atoms with Gasteiger partial charge in [0.15, 0.2) is 5.82 Å². The summed E-state index contributed by atoms with van der Waals surface area (Å²) in [5.41, 5.74) is 7.64. The Labute approximate surface area is 196 Å². The predicted molar refractivity (Wildman–Crippen MR) is 128 cm³/mol. The lowest BCUT2D eigenvalue weighted by Crippen LogP contribution is -2.34. The molecule has 3 heterocycles. The number of carbonyl (C=O) groups excluding carboxylic acids is 1. The molecule has 0 saturated carbocycles. The van der Waals surface area contributed by atoms with Crippen LogP contribution in [-0.4, -0.2) is 59.8 Å². The summed E-state index contributed by atoms with van der Waals surface area (Å²) in [4.78, 5) is 21.3. The van der Waals surface area contributed by atoms with Gasteiger partial charge in [-0.05, 0) is 68.7 Å². The molecule has 2 aliphatic heterocycles. The summed E-state index contributed by atoms with van der Waals surface area (Å²) in [7, 11) is 0. The molecule has 8 heteroatoms. The molecule has 1 amide bonds. The average Bonchev–Trinajstić information content (AvgIpc) is 3.46. The molecule has 1 atom stereocenters. The van der Waals surface area contributed by atoms with Gasteiger partial charge in [0.2, 0.25) is 0 Å². The largest absolute Gasteiger partial charge is 0.494 e. The lowest BCUT2D eigenvalue weighted by molar-refractivity contribution is 0.0790. The van der Waals surface area contributed by atoms with Gasteiger partial charge in [-0.15, -0.1) is 0 Å². The first-order valence-electron chi connectivity index (χ1n) is 12.3. The van der Waals surface area contributed by atoms with Gasteiger partial charge >= 0.3 is 6.01 Å². The highest BCUT2D eigenvalue weighted by atomic mass is 16.5. The number of rotatable bonds is 8. The van der Waals surface area contributed by atoms with E-state index in [2.05, 4.69) is 28.9 Å². The quantitative estimate of drug-likeness (QED) is 0.605. The van der Waals surface area contributed by atoms with E-state index in [1.54, 1.807) is 0 Å². The molecule has 4 rings (SSSR count). The first-order valence-corrected chi connectivity index (χ1v) is 12.3. The maximum Gasteiger partial charge on any atom is 0.324 e. The van der Waals surface area contributed by atoms with E-state index in [9.17, 15) is 4.79 Å². The number of likely N-dealkylation sites (tertiary alicyclic amines) is 1. The Kier molecular flexibility index (Phi) is 7.53. The number of anilines is 1. The van der Waals surface area contributed by atoms with E-state index in [1.165, 1.54) is 0 Å². The second kappa shape index (κ2) is 10.5. The van der Waals surface area contributed by atoms with Crippen molar-refractivity contribution >= 4 is 11.9 Å². The molecule has 0 spiro atoms. The highest BCUT2D eigenvalue weighted by molar-refractivity contribution is 5.96. The van der Waals surface area contributed by atoms with Gasteiger partial charge < -0.3 is 24.8 Å². The minimum Gasteiger partial charge on any atom is -0.494 e. The van der Waals surface area contributed by atoms with Gasteiger partial charge in [-0.3, -0.25) is 4.79 Å². The molecular formula is C25H37N5O3. The number of ether oxygens (including phenoxy) is 1. The smallest absolute Gasteiger partial charge is 0.324 e. The highest BCUT2D eigenvalue weighted by Gasteiger charge is 2.26. The second-order valence-electron chi connectivity index (χ2n) is 9.79. The number of nitrogens with two attached hydrogens (primary N) is 1. The molecule has 8 nitrogen and oxygen atoms in total. The van der Waals surface area contributed by atoms with Gasteiger partial charge in [0.25, 0.3) is 5.91 Å². The Balaban J connectivity index is 1.17. The minimum atomic E-state index is 0.0688. The molecule has 33 heavy (non-hydrogen) atoms. The van der Waals surface area contributed by atoms with Crippen LogP contribution in [0.15, 0.2) is 22.7 Å². The van der Waals surface area contributed by atoms with Gasteiger partial charge in [0, 0.05) is 43.7 Å². The zero-order chi connectivity index (χ0) is 23.4. The van der Waals surface area contributed by atoms with Crippen molar-refractivity contribution < 1.29 is 14.1 Å². The minimum absolute atomic E-state index is 0.0688. The van der Waals surface area contributed by atoms with E-state index in [4.69, 9.17) is 15.0 Å². The van der Waals surface area contributed by atoms with Crippen LogP contribution < -0.4 is 15.4 Å². The Hall–Kier alpha value is -2.61. The van der Waals surface area contributed by atoms with Gasteiger partial charge in [0.05, 0.1) is 6.61 Å². The van der Waals surface area contributed by atoms with Crippen molar-refractivity contribution in [1.29, 1.82) is 0 Å². The van der Waals surface area contributed by atoms with E-state index in [1.807, 2.05) is 30.0 Å². The summed E-state index contributed by atoms with van der Waals surface area (Å²) >= 11 is 0. The summed E-state index contributed by atoms with van der Waals surface area (Å²) in [5.74, 6) is 2.65. The third kappa shape index (κ3) is 5.85. The normalized spacial score (nSPS) is 19.5. The first-order chi connectivity index (χ1) is 15.9. The molecule has 0 radical (unpaired) electrons. The van der Waals surface area contributed by atoms with Crippen molar-refractivity contribution in [3.8, 4) is 5.75 Å². The summed E-state index contributed by atoms with van der Waals surface area (Å²) in [5, 5.41) is 4.07. The highest BCUT2D eigenvalue weighted by Crippen LogP contribution is 2.26. The molecule has 0 aliphatic carbocycles. The van der Waals surface area contributed by atoms with Crippen LogP contribution >= 0.6 is 0 Å². The van der Waals surface area contributed by atoms with E-state index >= 15 is 0 Å². The van der Waals surface area contributed by atoms with Gasteiger partial charge in [-0.25, -0.2) is 0 Å². The van der Waals surface area contributed by atoms with Crippen molar-refractivity contribution in [3.63, 3.8) is 0 Å². The topological polar surface area (TPSA) is 97.7 Å². The lowest BCUT2D eigenvalue weighted by atomic mass is 9.92. The standard InChI is InChI=1S/C25H37N5O3/c1-17(2)23-27-25(33-28-23)29-11-8-19(9-12-29)5-4-14-32-21-6-7-22(18(3)15-21)24(31)30-13-10-20(26)16-30/h6-7,15,17,19-20H,4-5,8-14,16,26H2,1-3H3/t20-/m0/s1. The molecule has 0 bridgehead atoms. The third-order valence-corrected chi connectivity index (χ3v) is 6.80. The molecule has 2 fully saturated rings. The first kappa shape index (κ1) is 23.5. The molecule has 0 unspecified atom stereocenters.